The lowest BCUT2D eigenvalue weighted by Crippen LogP contribution is -2.04. The number of aromatic nitrogens is 2. The molecule has 0 atom stereocenters. The van der Waals surface area contributed by atoms with Crippen molar-refractivity contribution in [1.29, 1.82) is 0 Å². The third-order valence-corrected chi connectivity index (χ3v) is 5.63. The fourth-order valence-electron chi connectivity index (χ4n) is 3.29. The maximum absolute atomic E-state index is 5.49. The Bertz CT molecular complexity index is 1120. The Morgan fingerprint density at radius 3 is 2.59 bits per heavy atom. The monoisotopic (exact) mass is 409 g/mol. The maximum Gasteiger partial charge on any atom is 0.183 e. The van der Waals surface area contributed by atoms with E-state index in [-0.39, 0.29) is 0 Å². The van der Waals surface area contributed by atoms with Crippen molar-refractivity contribution >= 4 is 27.4 Å². The molecule has 2 aromatic carbocycles. The number of nitrogens with zero attached hydrogens (tertiary/aromatic N) is 1. The molecule has 0 aliphatic carbocycles. The first kappa shape index (κ1) is 19.1. The fraction of sp³-hybridized carbons (Fsp3) is 0.227. The van der Waals surface area contributed by atoms with Gasteiger partial charge in [0.05, 0.1) is 27.0 Å². The molecule has 2 heterocycles. The van der Waals surface area contributed by atoms with E-state index >= 15 is 0 Å². The third kappa shape index (κ3) is 4.00. The van der Waals surface area contributed by atoms with Gasteiger partial charge in [-0.1, -0.05) is 0 Å². The smallest absolute Gasteiger partial charge is 0.183 e. The first-order valence-corrected chi connectivity index (χ1v) is 10.2. The van der Waals surface area contributed by atoms with Crippen molar-refractivity contribution in [3.8, 4) is 28.5 Å². The van der Waals surface area contributed by atoms with E-state index in [0.29, 0.717) is 0 Å². The van der Waals surface area contributed by atoms with Crippen molar-refractivity contribution in [3.63, 3.8) is 0 Å². The number of hydrogen-bond donors (Lipinski definition) is 2. The summed E-state index contributed by atoms with van der Waals surface area (Å²) in [5.74, 6) is 2.36. The van der Waals surface area contributed by atoms with Crippen LogP contribution >= 0.6 is 11.3 Å². The third-order valence-electron chi connectivity index (χ3n) is 4.83. The number of thiazole rings is 1. The number of benzene rings is 2. The van der Waals surface area contributed by atoms with Crippen LogP contribution in [0, 0.1) is 0 Å². The summed E-state index contributed by atoms with van der Waals surface area (Å²) < 4.78 is 16.0. The predicted molar refractivity (Wildman–Crippen MR) is 118 cm³/mol. The highest BCUT2D eigenvalue weighted by Gasteiger charge is 2.11. The lowest BCUT2D eigenvalue weighted by molar-refractivity contribution is 0.395. The van der Waals surface area contributed by atoms with E-state index in [9.17, 15) is 0 Å². The first-order chi connectivity index (χ1) is 14.2. The standard InChI is InChI=1S/C22H23N3O3S/c1-26-15-4-6-17-14(12-24-19(17)10-15)8-9-23-22-25-20(13-29-22)18-7-5-16(27-2)11-21(18)28-3/h4-7,10-13,24H,8-9H2,1-3H3,(H,23,25). The second kappa shape index (κ2) is 8.45. The summed E-state index contributed by atoms with van der Waals surface area (Å²) in [4.78, 5) is 8.02. The van der Waals surface area contributed by atoms with Crippen LogP contribution in [0.4, 0.5) is 5.13 Å². The van der Waals surface area contributed by atoms with Gasteiger partial charge in [-0.15, -0.1) is 11.3 Å². The molecule has 0 aliphatic rings. The molecule has 150 valence electrons. The van der Waals surface area contributed by atoms with E-state index in [1.54, 1.807) is 32.7 Å². The van der Waals surface area contributed by atoms with E-state index < -0.39 is 0 Å². The zero-order valence-corrected chi connectivity index (χ0v) is 17.4. The molecule has 2 aromatic heterocycles. The molecule has 0 spiro atoms. The van der Waals surface area contributed by atoms with Gasteiger partial charge in [0.15, 0.2) is 5.13 Å². The molecule has 0 saturated heterocycles. The Labute approximate surface area is 173 Å². The van der Waals surface area contributed by atoms with Crippen LogP contribution in [0.15, 0.2) is 48.0 Å². The number of hydrogen-bond acceptors (Lipinski definition) is 6. The zero-order valence-electron chi connectivity index (χ0n) is 16.6. The van der Waals surface area contributed by atoms with Crippen molar-refractivity contribution in [2.75, 3.05) is 33.2 Å². The molecule has 4 aromatic rings. The summed E-state index contributed by atoms with van der Waals surface area (Å²) in [6, 6.07) is 11.8. The van der Waals surface area contributed by atoms with E-state index in [2.05, 4.69) is 22.6 Å². The average Bonchev–Trinajstić information content (AvgIpc) is 3.40. The Hall–Kier alpha value is -3.19. The highest BCUT2D eigenvalue weighted by molar-refractivity contribution is 7.14. The molecule has 0 saturated carbocycles. The summed E-state index contributed by atoms with van der Waals surface area (Å²) in [7, 11) is 4.98. The van der Waals surface area contributed by atoms with Crippen molar-refractivity contribution in [1.82, 2.24) is 9.97 Å². The quantitative estimate of drug-likeness (QED) is 0.430. The van der Waals surface area contributed by atoms with Gasteiger partial charge in [0.25, 0.3) is 0 Å². The van der Waals surface area contributed by atoms with Gasteiger partial charge in [-0.3, -0.25) is 0 Å². The predicted octanol–water partition coefficient (Wildman–Crippen LogP) is 4.97. The van der Waals surface area contributed by atoms with Gasteiger partial charge in [0, 0.05) is 46.7 Å². The fourth-order valence-corrected chi connectivity index (χ4v) is 4.03. The van der Waals surface area contributed by atoms with E-state index in [1.165, 1.54) is 10.9 Å². The van der Waals surface area contributed by atoms with E-state index in [1.807, 2.05) is 35.7 Å². The van der Waals surface area contributed by atoms with Gasteiger partial charge >= 0.3 is 0 Å². The topological polar surface area (TPSA) is 68.4 Å². The van der Waals surface area contributed by atoms with Gasteiger partial charge in [0.2, 0.25) is 0 Å². The molecule has 0 fully saturated rings. The van der Waals surface area contributed by atoms with Crippen LogP contribution < -0.4 is 19.5 Å². The van der Waals surface area contributed by atoms with Crippen LogP contribution in [-0.2, 0) is 6.42 Å². The van der Waals surface area contributed by atoms with Gasteiger partial charge in [0.1, 0.15) is 17.2 Å². The number of nitrogens with one attached hydrogen (secondary N) is 2. The number of ether oxygens (including phenoxy) is 3. The van der Waals surface area contributed by atoms with Crippen molar-refractivity contribution in [3.05, 3.63) is 53.5 Å². The molecule has 0 bridgehead atoms. The van der Waals surface area contributed by atoms with Crippen LogP contribution in [0.5, 0.6) is 17.2 Å². The van der Waals surface area contributed by atoms with Crippen LogP contribution in [0.25, 0.3) is 22.2 Å². The highest BCUT2D eigenvalue weighted by atomic mass is 32.1. The van der Waals surface area contributed by atoms with Crippen LogP contribution in [0.1, 0.15) is 5.56 Å². The summed E-state index contributed by atoms with van der Waals surface area (Å²) >= 11 is 1.59. The van der Waals surface area contributed by atoms with Crippen LogP contribution in [0.3, 0.4) is 0 Å². The van der Waals surface area contributed by atoms with Crippen LogP contribution in [0.2, 0.25) is 0 Å². The molecule has 2 N–H and O–H groups in total. The normalized spacial score (nSPS) is 10.9. The Kier molecular flexibility index (Phi) is 5.57. The number of aromatic amines is 1. The van der Waals surface area contributed by atoms with Gasteiger partial charge < -0.3 is 24.5 Å². The molecule has 0 aliphatic heterocycles. The van der Waals surface area contributed by atoms with E-state index in [4.69, 9.17) is 19.2 Å². The molecule has 7 heteroatoms. The molecule has 4 rings (SSSR count). The van der Waals surface area contributed by atoms with Gasteiger partial charge in [-0.2, -0.15) is 0 Å². The van der Waals surface area contributed by atoms with Crippen LogP contribution in [-0.4, -0.2) is 37.8 Å². The van der Waals surface area contributed by atoms with Gasteiger partial charge in [-0.25, -0.2) is 4.98 Å². The molecule has 29 heavy (non-hydrogen) atoms. The SMILES string of the molecule is COc1ccc(-c2csc(NCCc3c[nH]c4cc(OC)ccc34)n2)c(OC)c1. The van der Waals surface area contributed by atoms with Crippen molar-refractivity contribution < 1.29 is 14.2 Å². The number of methoxy groups -OCH3 is 3. The van der Waals surface area contributed by atoms with Crippen molar-refractivity contribution in [2.45, 2.75) is 6.42 Å². The molecule has 0 radical (unpaired) electrons. The Morgan fingerprint density at radius 2 is 1.79 bits per heavy atom. The zero-order chi connectivity index (χ0) is 20.2. The van der Waals surface area contributed by atoms with E-state index in [0.717, 1.165) is 52.1 Å². The molecule has 0 unspecified atom stereocenters. The average molecular weight is 410 g/mol. The maximum atomic E-state index is 5.49. The number of rotatable bonds is 8. The summed E-state index contributed by atoms with van der Waals surface area (Å²) in [5, 5.41) is 7.56. The van der Waals surface area contributed by atoms with Crippen molar-refractivity contribution in [2.24, 2.45) is 0 Å². The molecule has 0 amide bonds. The second-order valence-electron chi connectivity index (χ2n) is 6.51. The molecule has 6 nitrogen and oxygen atoms in total. The minimum absolute atomic E-state index is 0.746. The Balaban J connectivity index is 1.43. The largest absolute Gasteiger partial charge is 0.497 e. The first-order valence-electron chi connectivity index (χ1n) is 9.27. The lowest BCUT2D eigenvalue weighted by atomic mass is 10.1. The number of fused-ring (bicyclic) bond motifs is 1. The molecular formula is C22H23N3O3S. The summed E-state index contributed by atoms with van der Waals surface area (Å²) in [6.07, 6.45) is 2.95. The Morgan fingerprint density at radius 1 is 1.00 bits per heavy atom. The highest BCUT2D eigenvalue weighted by Crippen LogP contribution is 2.34. The minimum atomic E-state index is 0.746. The number of anilines is 1. The number of H-pyrrole nitrogens is 1. The second-order valence-corrected chi connectivity index (χ2v) is 7.36. The minimum Gasteiger partial charge on any atom is -0.497 e. The summed E-state index contributed by atoms with van der Waals surface area (Å²) in [5.41, 5.74) is 4.19. The lowest BCUT2D eigenvalue weighted by Gasteiger charge is -2.08. The summed E-state index contributed by atoms with van der Waals surface area (Å²) in [6.45, 7) is 0.797. The van der Waals surface area contributed by atoms with Gasteiger partial charge in [-0.05, 0) is 36.2 Å². The molecular weight excluding hydrogens is 386 g/mol.